The summed E-state index contributed by atoms with van der Waals surface area (Å²) in [5, 5.41) is 7.50. The van der Waals surface area contributed by atoms with Crippen LogP contribution in [-0.4, -0.2) is 9.78 Å². The van der Waals surface area contributed by atoms with Gasteiger partial charge >= 0.3 is 0 Å². The van der Waals surface area contributed by atoms with Crippen molar-refractivity contribution in [3.8, 4) is 5.69 Å². The number of benzene rings is 1. The van der Waals surface area contributed by atoms with Crippen molar-refractivity contribution in [2.45, 2.75) is 6.92 Å². The van der Waals surface area contributed by atoms with Gasteiger partial charge in [0, 0.05) is 11.1 Å². The predicted octanol–water partition coefficient (Wildman–Crippen LogP) is 3.26. The van der Waals surface area contributed by atoms with E-state index in [2.05, 4.69) is 15.1 Å². The topological polar surface area (TPSA) is 66.6 Å². The second-order valence-electron chi connectivity index (χ2n) is 3.28. The summed E-state index contributed by atoms with van der Waals surface area (Å²) in [6.45, 7) is 1.89. The Morgan fingerprint density at radius 1 is 1.50 bits per heavy atom. The highest BCUT2D eigenvalue weighted by Gasteiger charge is 2.05. The molecule has 0 atom stereocenters. The van der Waals surface area contributed by atoms with Gasteiger partial charge in [-0.2, -0.15) is 5.10 Å². The molecule has 0 fully saturated rings. The van der Waals surface area contributed by atoms with Crippen molar-refractivity contribution >= 4 is 5.69 Å². The molecule has 0 bridgehead atoms. The molecule has 0 N–H and O–H groups in total. The number of aryl methyl sites for hydroxylation is 1. The van der Waals surface area contributed by atoms with E-state index >= 15 is 0 Å². The van der Waals surface area contributed by atoms with E-state index in [1.807, 2.05) is 6.92 Å². The van der Waals surface area contributed by atoms with Gasteiger partial charge in [-0.25, -0.2) is 9.07 Å². The molecular formula is C10H8FN5. The van der Waals surface area contributed by atoms with Crippen LogP contribution < -0.4 is 0 Å². The standard InChI is InChI=1S/C10H8FN5/c1-7-5-13-16(6-7)10-3-2-8(11)4-9(10)14-15-12/h2-6H,1H3. The molecule has 0 amide bonds. The first kappa shape index (κ1) is 10.2. The molecule has 5 nitrogen and oxygen atoms in total. The molecule has 2 aromatic rings. The largest absolute Gasteiger partial charge is 0.240 e. The molecule has 0 unspecified atom stereocenters. The molecule has 0 saturated heterocycles. The summed E-state index contributed by atoms with van der Waals surface area (Å²) < 4.78 is 14.5. The van der Waals surface area contributed by atoms with Gasteiger partial charge in [0.05, 0.1) is 17.6 Å². The monoisotopic (exact) mass is 217 g/mol. The van der Waals surface area contributed by atoms with E-state index in [1.165, 1.54) is 18.2 Å². The van der Waals surface area contributed by atoms with Crippen LogP contribution in [-0.2, 0) is 0 Å². The molecule has 0 saturated carbocycles. The maximum absolute atomic E-state index is 13.0. The number of hydrogen-bond donors (Lipinski definition) is 0. The molecule has 1 aromatic carbocycles. The van der Waals surface area contributed by atoms with E-state index < -0.39 is 5.82 Å². The average Bonchev–Trinajstić information content (AvgIpc) is 2.65. The molecule has 1 heterocycles. The van der Waals surface area contributed by atoms with Crippen molar-refractivity contribution < 1.29 is 4.39 Å². The summed E-state index contributed by atoms with van der Waals surface area (Å²) in [4.78, 5) is 2.66. The molecule has 1 aromatic heterocycles. The molecule has 6 heteroatoms. The molecule has 0 radical (unpaired) electrons. The van der Waals surface area contributed by atoms with Crippen molar-refractivity contribution in [2.24, 2.45) is 5.11 Å². The number of halogens is 1. The lowest BCUT2D eigenvalue weighted by Crippen LogP contribution is -1.94. The van der Waals surface area contributed by atoms with Crippen LogP contribution in [0.4, 0.5) is 10.1 Å². The summed E-state index contributed by atoms with van der Waals surface area (Å²) in [5.41, 5.74) is 10.1. The van der Waals surface area contributed by atoms with Crippen LogP contribution in [0.15, 0.2) is 35.7 Å². The fourth-order valence-corrected chi connectivity index (χ4v) is 1.36. The van der Waals surface area contributed by atoms with Crippen LogP contribution >= 0.6 is 0 Å². The summed E-state index contributed by atoms with van der Waals surface area (Å²) in [6.07, 6.45) is 3.44. The number of aromatic nitrogens is 2. The predicted molar refractivity (Wildman–Crippen MR) is 57.1 cm³/mol. The fraction of sp³-hybridized carbons (Fsp3) is 0.100. The molecule has 2 rings (SSSR count). The van der Waals surface area contributed by atoms with Gasteiger partial charge in [0.25, 0.3) is 0 Å². The molecular weight excluding hydrogens is 209 g/mol. The van der Waals surface area contributed by atoms with Crippen molar-refractivity contribution in [2.75, 3.05) is 0 Å². The normalized spacial score (nSPS) is 9.88. The van der Waals surface area contributed by atoms with Crippen LogP contribution in [0.25, 0.3) is 16.1 Å². The quantitative estimate of drug-likeness (QED) is 0.432. The van der Waals surface area contributed by atoms with Crippen LogP contribution in [0.5, 0.6) is 0 Å². The molecule has 0 spiro atoms. The minimum absolute atomic E-state index is 0.214. The number of hydrogen-bond acceptors (Lipinski definition) is 2. The van der Waals surface area contributed by atoms with Crippen molar-refractivity contribution in [3.63, 3.8) is 0 Å². The second-order valence-corrected chi connectivity index (χ2v) is 3.28. The maximum Gasteiger partial charge on any atom is 0.123 e. The summed E-state index contributed by atoms with van der Waals surface area (Å²) in [7, 11) is 0. The van der Waals surface area contributed by atoms with Crippen molar-refractivity contribution in [1.29, 1.82) is 0 Å². The minimum atomic E-state index is -0.449. The zero-order chi connectivity index (χ0) is 11.5. The van der Waals surface area contributed by atoms with Crippen molar-refractivity contribution in [3.05, 3.63) is 52.4 Å². The first-order valence-electron chi connectivity index (χ1n) is 4.57. The Kier molecular flexibility index (Phi) is 2.57. The van der Waals surface area contributed by atoms with Crippen molar-refractivity contribution in [1.82, 2.24) is 9.78 Å². The number of nitrogens with zero attached hydrogens (tertiary/aromatic N) is 5. The zero-order valence-corrected chi connectivity index (χ0v) is 8.50. The molecule has 0 aliphatic heterocycles. The highest BCUT2D eigenvalue weighted by Crippen LogP contribution is 2.24. The third kappa shape index (κ3) is 1.87. The van der Waals surface area contributed by atoms with Crippen LogP contribution in [0.2, 0.25) is 0 Å². The third-order valence-corrected chi connectivity index (χ3v) is 2.05. The number of rotatable bonds is 2. The van der Waals surface area contributed by atoms with Crippen LogP contribution in [0, 0.1) is 12.7 Å². The Balaban J connectivity index is 2.59. The van der Waals surface area contributed by atoms with Gasteiger partial charge in [0.1, 0.15) is 5.82 Å². The van der Waals surface area contributed by atoms with Gasteiger partial charge in [-0.05, 0) is 36.2 Å². The van der Waals surface area contributed by atoms with E-state index in [0.29, 0.717) is 5.69 Å². The van der Waals surface area contributed by atoms with E-state index in [4.69, 9.17) is 5.53 Å². The third-order valence-electron chi connectivity index (χ3n) is 2.05. The average molecular weight is 217 g/mol. The SMILES string of the molecule is Cc1cnn(-c2ccc(F)cc2N=[N+]=[N-])c1. The smallest absolute Gasteiger partial charge is 0.123 e. The first-order valence-corrected chi connectivity index (χ1v) is 4.57. The van der Waals surface area contributed by atoms with Gasteiger partial charge in [-0.1, -0.05) is 5.11 Å². The molecule has 0 aliphatic carbocycles. The van der Waals surface area contributed by atoms with Gasteiger partial charge in [0.15, 0.2) is 0 Å². The highest BCUT2D eigenvalue weighted by atomic mass is 19.1. The van der Waals surface area contributed by atoms with Gasteiger partial charge < -0.3 is 0 Å². The number of azide groups is 1. The van der Waals surface area contributed by atoms with Gasteiger partial charge in [0.2, 0.25) is 0 Å². The highest BCUT2D eigenvalue weighted by molar-refractivity contribution is 5.56. The fourth-order valence-electron chi connectivity index (χ4n) is 1.36. The lowest BCUT2D eigenvalue weighted by molar-refractivity contribution is 0.627. The second kappa shape index (κ2) is 4.04. The molecule has 0 aliphatic rings. The minimum Gasteiger partial charge on any atom is -0.240 e. The van der Waals surface area contributed by atoms with Crippen LogP contribution in [0.3, 0.4) is 0 Å². The Bertz CT molecular complexity index is 568. The van der Waals surface area contributed by atoms with Gasteiger partial charge in [-0.3, -0.25) is 0 Å². The maximum atomic E-state index is 13.0. The Hall–Kier alpha value is -2.33. The van der Waals surface area contributed by atoms with Gasteiger partial charge in [-0.15, -0.1) is 0 Å². The zero-order valence-electron chi connectivity index (χ0n) is 8.50. The molecule has 16 heavy (non-hydrogen) atoms. The first-order chi connectivity index (χ1) is 7.70. The summed E-state index contributed by atoms with van der Waals surface area (Å²) in [5.74, 6) is -0.449. The van der Waals surface area contributed by atoms with E-state index in [9.17, 15) is 4.39 Å². The van der Waals surface area contributed by atoms with E-state index in [1.54, 1.807) is 17.1 Å². The van der Waals surface area contributed by atoms with E-state index in [0.717, 1.165) is 5.56 Å². The Labute approximate surface area is 90.8 Å². The van der Waals surface area contributed by atoms with E-state index in [-0.39, 0.29) is 5.69 Å². The Morgan fingerprint density at radius 2 is 2.31 bits per heavy atom. The molecule has 80 valence electrons. The lowest BCUT2D eigenvalue weighted by atomic mass is 10.2. The van der Waals surface area contributed by atoms with Crippen LogP contribution in [0.1, 0.15) is 5.56 Å². The lowest BCUT2D eigenvalue weighted by Gasteiger charge is -2.04. The summed E-state index contributed by atoms with van der Waals surface area (Å²) in [6, 6.07) is 3.99. The summed E-state index contributed by atoms with van der Waals surface area (Å²) >= 11 is 0. The Morgan fingerprint density at radius 3 is 2.94 bits per heavy atom.